The molecule has 26 heavy (non-hydrogen) atoms. The predicted octanol–water partition coefficient (Wildman–Crippen LogP) is 1.98. The van der Waals surface area contributed by atoms with Crippen LogP contribution >= 0.6 is 0 Å². The fourth-order valence-corrected chi connectivity index (χ4v) is 3.47. The molecule has 0 spiro atoms. The van der Waals surface area contributed by atoms with E-state index < -0.39 is 5.69 Å². The molecule has 0 saturated carbocycles. The van der Waals surface area contributed by atoms with Crippen LogP contribution in [0.2, 0.25) is 0 Å². The standard InChI is InChI=1S/C20H26N4O2/c25-19(16-24-14-8-11-21-20(24)26)22-15-18(17-9-4-3-5-10-17)23-12-6-1-2-7-13-23/h3-5,8-11,14,18H,1-2,6-7,12-13,15-16H2,(H,22,25)/t18-/m0/s1. The monoisotopic (exact) mass is 354 g/mol. The number of hydrogen-bond donors (Lipinski definition) is 1. The van der Waals surface area contributed by atoms with Crippen molar-refractivity contribution in [2.75, 3.05) is 19.6 Å². The summed E-state index contributed by atoms with van der Waals surface area (Å²) < 4.78 is 1.32. The lowest BCUT2D eigenvalue weighted by Crippen LogP contribution is -2.40. The number of hydrogen-bond acceptors (Lipinski definition) is 4. The van der Waals surface area contributed by atoms with E-state index in [1.54, 1.807) is 12.3 Å². The zero-order chi connectivity index (χ0) is 18.2. The SMILES string of the molecule is O=C(Cn1cccnc1=O)NC[C@@H](c1ccccc1)N1CCCCCC1. The Kier molecular flexibility index (Phi) is 6.55. The van der Waals surface area contributed by atoms with Crippen molar-refractivity contribution in [3.05, 3.63) is 64.8 Å². The first-order valence-corrected chi connectivity index (χ1v) is 9.31. The average Bonchev–Trinajstić information content (AvgIpc) is 2.94. The largest absolute Gasteiger partial charge is 0.353 e. The molecule has 6 heteroatoms. The topological polar surface area (TPSA) is 67.2 Å². The predicted molar refractivity (Wildman–Crippen MR) is 101 cm³/mol. The van der Waals surface area contributed by atoms with Crippen LogP contribution in [-0.4, -0.2) is 40.0 Å². The van der Waals surface area contributed by atoms with Gasteiger partial charge in [0.15, 0.2) is 0 Å². The van der Waals surface area contributed by atoms with Crippen molar-refractivity contribution in [1.29, 1.82) is 0 Å². The van der Waals surface area contributed by atoms with Crippen LogP contribution in [0.1, 0.15) is 37.3 Å². The van der Waals surface area contributed by atoms with E-state index in [4.69, 9.17) is 0 Å². The number of likely N-dealkylation sites (tertiary alicyclic amines) is 1. The Morgan fingerprint density at radius 1 is 1.08 bits per heavy atom. The highest BCUT2D eigenvalue weighted by Crippen LogP contribution is 2.23. The number of nitrogens with zero attached hydrogens (tertiary/aromatic N) is 3. The summed E-state index contributed by atoms with van der Waals surface area (Å²) in [6, 6.07) is 12.1. The van der Waals surface area contributed by atoms with Gasteiger partial charge in [-0.3, -0.25) is 14.3 Å². The number of nitrogens with one attached hydrogen (secondary N) is 1. The average molecular weight is 354 g/mol. The van der Waals surface area contributed by atoms with Gasteiger partial charge < -0.3 is 5.32 Å². The summed E-state index contributed by atoms with van der Waals surface area (Å²) in [5, 5.41) is 3.01. The van der Waals surface area contributed by atoms with Gasteiger partial charge in [-0.05, 0) is 37.6 Å². The maximum Gasteiger partial charge on any atom is 0.347 e. The summed E-state index contributed by atoms with van der Waals surface area (Å²) in [6.45, 7) is 2.64. The molecule has 0 aliphatic carbocycles. The Labute approximate surface area is 153 Å². The first-order chi connectivity index (χ1) is 12.7. The molecule has 138 valence electrons. The zero-order valence-corrected chi connectivity index (χ0v) is 15.0. The highest BCUT2D eigenvalue weighted by molar-refractivity contribution is 5.75. The summed E-state index contributed by atoms with van der Waals surface area (Å²) in [7, 11) is 0. The third kappa shape index (κ3) is 5.02. The maximum absolute atomic E-state index is 12.3. The number of carbonyl (C=O) groups excluding carboxylic acids is 1. The van der Waals surface area contributed by atoms with Crippen LogP contribution in [0.5, 0.6) is 0 Å². The van der Waals surface area contributed by atoms with Gasteiger partial charge in [0.1, 0.15) is 6.54 Å². The second kappa shape index (κ2) is 9.29. The van der Waals surface area contributed by atoms with Crippen LogP contribution in [0.25, 0.3) is 0 Å². The van der Waals surface area contributed by atoms with Gasteiger partial charge in [-0.25, -0.2) is 9.78 Å². The van der Waals surface area contributed by atoms with E-state index in [1.807, 2.05) is 18.2 Å². The molecular formula is C20H26N4O2. The molecule has 1 aliphatic heterocycles. The number of carbonyl (C=O) groups is 1. The lowest BCUT2D eigenvalue weighted by Gasteiger charge is -2.31. The summed E-state index contributed by atoms with van der Waals surface area (Å²) in [5.74, 6) is -0.171. The van der Waals surface area contributed by atoms with Crippen molar-refractivity contribution in [2.24, 2.45) is 0 Å². The molecule has 1 atom stereocenters. The van der Waals surface area contributed by atoms with Crippen molar-refractivity contribution >= 4 is 5.91 Å². The van der Waals surface area contributed by atoms with Gasteiger partial charge >= 0.3 is 5.69 Å². The van der Waals surface area contributed by atoms with E-state index in [9.17, 15) is 9.59 Å². The Morgan fingerprint density at radius 3 is 2.50 bits per heavy atom. The second-order valence-electron chi connectivity index (χ2n) is 6.71. The maximum atomic E-state index is 12.3. The summed E-state index contributed by atoms with van der Waals surface area (Å²) in [6.07, 6.45) is 7.95. The van der Waals surface area contributed by atoms with E-state index in [1.165, 1.54) is 42.0 Å². The third-order valence-corrected chi connectivity index (χ3v) is 4.86. The highest BCUT2D eigenvalue weighted by Gasteiger charge is 2.22. The molecule has 1 aliphatic rings. The molecule has 2 aromatic rings. The van der Waals surface area contributed by atoms with E-state index >= 15 is 0 Å². The molecule has 1 fully saturated rings. The lowest BCUT2D eigenvalue weighted by molar-refractivity contribution is -0.122. The molecule has 3 rings (SSSR count). The first-order valence-electron chi connectivity index (χ1n) is 9.31. The van der Waals surface area contributed by atoms with E-state index in [-0.39, 0.29) is 18.5 Å². The van der Waals surface area contributed by atoms with Crippen LogP contribution in [0, 0.1) is 0 Å². The molecule has 6 nitrogen and oxygen atoms in total. The summed E-state index contributed by atoms with van der Waals surface area (Å²) in [5.41, 5.74) is 0.808. The van der Waals surface area contributed by atoms with E-state index in [0.717, 1.165) is 13.1 Å². The molecular weight excluding hydrogens is 328 g/mol. The lowest BCUT2D eigenvalue weighted by atomic mass is 10.0. The highest BCUT2D eigenvalue weighted by atomic mass is 16.2. The molecule has 1 saturated heterocycles. The molecule has 1 N–H and O–H groups in total. The second-order valence-corrected chi connectivity index (χ2v) is 6.71. The minimum atomic E-state index is -0.408. The van der Waals surface area contributed by atoms with Crippen molar-refractivity contribution < 1.29 is 4.79 Å². The van der Waals surface area contributed by atoms with E-state index in [2.05, 4.69) is 27.3 Å². The number of amides is 1. The number of rotatable bonds is 6. The van der Waals surface area contributed by atoms with Gasteiger partial charge in [0.05, 0.1) is 6.04 Å². The summed E-state index contributed by atoms with van der Waals surface area (Å²) in [4.78, 5) is 30.1. The molecule has 1 amide bonds. The Hall–Kier alpha value is -2.47. The first kappa shape index (κ1) is 18.3. The van der Waals surface area contributed by atoms with E-state index in [0.29, 0.717) is 6.54 Å². The number of aromatic nitrogens is 2. The summed E-state index contributed by atoms with van der Waals surface area (Å²) >= 11 is 0. The molecule has 0 bridgehead atoms. The fraction of sp³-hybridized carbons (Fsp3) is 0.450. The van der Waals surface area contributed by atoms with Gasteiger partial charge in [-0.1, -0.05) is 43.2 Å². The van der Waals surface area contributed by atoms with Crippen molar-refractivity contribution in [2.45, 2.75) is 38.3 Å². The van der Waals surface area contributed by atoms with Gasteiger partial charge in [0, 0.05) is 18.9 Å². The van der Waals surface area contributed by atoms with Crippen molar-refractivity contribution in [3.8, 4) is 0 Å². The Bertz CT molecular complexity index is 752. The Balaban J connectivity index is 1.66. The van der Waals surface area contributed by atoms with Gasteiger partial charge in [0.2, 0.25) is 5.91 Å². The molecule has 1 aromatic carbocycles. The molecule has 2 heterocycles. The minimum absolute atomic E-state index is 0.00577. The number of benzene rings is 1. The van der Waals surface area contributed by atoms with Crippen LogP contribution in [0.3, 0.4) is 0 Å². The molecule has 0 radical (unpaired) electrons. The van der Waals surface area contributed by atoms with Crippen LogP contribution < -0.4 is 11.0 Å². The van der Waals surface area contributed by atoms with Gasteiger partial charge in [0.25, 0.3) is 0 Å². The van der Waals surface area contributed by atoms with Crippen molar-refractivity contribution in [3.63, 3.8) is 0 Å². The normalized spacial score (nSPS) is 16.6. The van der Waals surface area contributed by atoms with Crippen molar-refractivity contribution in [1.82, 2.24) is 19.8 Å². The quantitative estimate of drug-likeness (QED) is 0.861. The third-order valence-electron chi connectivity index (χ3n) is 4.86. The van der Waals surface area contributed by atoms with Crippen LogP contribution in [-0.2, 0) is 11.3 Å². The van der Waals surface area contributed by atoms with Gasteiger partial charge in [-0.15, -0.1) is 0 Å². The van der Waals surface area contributed by atoms with Crippen LogP contribution in [0.4, 0.5) is 0 Å². The molecule has 1 aromatic heterocycles. The fourth-order valence-electron chi connectivity index (χ4n) is 3.47. The smallest absolute Gasteiger partial charge is 0.347 e. The van der Waals surface area contributed by atoms with Gasteiger partial charge in [-0.2, -0.15) is 0 Å². The molecule has 0 unspecified atom stereocenters. The van der Waals surface area contributed by atoms with Crippen LogP contribution in [0.15, 0.2) is 53.6 Å². The Morgan fingerprint density at radius 2 is 1.81 bits per heavy atom. The zero-order valence-electron chi connectivity index (χ0n) is 15.0. The minimum Gasteiger partial charge on any atom is -0.353 e.